The van der Waals surface area contributed by atoms with E-state index in [4.69, 9.17) is 9.47 Å². The summed E-state index contributed by atoms with van der Waals surface area (Å²) >= 11 is 6.77. The number of nitrogens with zero attached hydrogens (tertiary/aromatic N) is 1. The van der Waals surface area contributed by atoms with Crippen LogP contribution in [0.15, 0.2) is 21.2 Å². The molecule has 0 bridgehead atoms. The van der Waals surface area contributed by atoms with Gasteiger partial charge in [0.2, 0.25) is 0 Å². The number of halogens is 2. The molecule has 2 saturated heterocycles. The Kier molecular flexibility index (Phi) is 4.26. The highest BCUT2D eigenvalue weighted by molar-refractivity contribution is 9.11. The Morgan fingerprint density at radius 3 is 2.95 bits per heavy atom. The first kappa shape index (κ1) is 14.6. The number of Topliss-reactive ketones (excluding diaryl/α,β-unsaturated/α-hetero) is 1. The van der Waals surface area contributed by atoms with Crippen molar-refractivity contribution < 1.29 is 14.3 Å². The van der Waals surface area contributed by atoms with E-state index < -0.39 is 0 Å². The van der Waals surface area contributed by atoms with E-state index in [1.54, 1.807) is 6.20 Å². The smallest absolute Gasteiger partial charge is 0.185 e. The molecule has 0 radical (unpaired) electrons. The molecular weight excluding hydrogens is 390 g/mol. The van der Waals surface area contributed by atoms with Gasteiger partial charge in [-0.25, -0.2) is 0 Å². The number of aromatic nitrogens is 1. The lowest BCUT2D eigenvalue weighted by molar-refractivity contribution is -0.0921. The molecule has 2 fully saturated rings. The second-order valence-corrected chi connectivity index (χ2v) is 7.14. The standard InChI is InChI=1S/C14H15Br2NO3/c15-10-5-11(16)12(17-7-10)13(18)9-1-3-20-14(6-9)2-4-19-8-14/h5,7,9H,1-4,6,8H2. The largest absolute Gasteiger partial charge is 0.378 e. The van der Waals surface area contributed by atoms with E-state index in [9.17, 15) is 4.79 Å². The summed E-state index contributed by atoms with van der Waals surface area (Å²) < 4.78 is 12.9. The lowest BCUT2D eigenvalue weighted by Gasteiger charge is -2.36. The molecule has 0 aliphatic carbocycles. The molecule has 0 aromatic carbocycles. The summed E-state index contributed by atoms with van der Waals surface area (Å²) in [6.07, 6.45) is 4.03. The van der Waals surface area contributed by atoms with Crippen LogP contribution in [0.25, 0.3) is 0 Å². The van der Waals surface area contributed by atoms with Crippen molar-refractivity contribution in [2.45, 2.75) is 24.9 Å². The van der Waals surface area contributed by atoms with Crippen LogP contribution in [0.2, 0.25) is 0 Å². The molecule has 3 rings (SSSR count). The molecule has 1 aromatic heterocycles. The molecule has 2 aliphatic heterocycles. The molecule has 4 nitrogen and oxygen atoms in total. The summed E-state index contributed by atoms with van der Waals surface area (Å²) in [4.78, 5) is 16.9. The van der Waals surface area contributed by atoms with Crippen molar-refractivity contribution in [1.82, 2.24) is 4.98 Å². The van der Waals surface area contributed by atoms with Gasteiger partial charge in [-0.05, 0) is 50.8 Å². The van der Waals surface area contributed by atoms with Crippen molar-refractivity contribution in [2.24, 2.45) is 5.92 Å². The highest BCUT2D eigenvalue weighted by Gasteiger charge is 2.43. The summed E-state index contributed by atoms with van der Waals surface area (Å²) in [7, 11) is 0. The van der Waals surface area contributed by atoms with E-state index in [0.29, 0.717) is 18.9 Å². The molecule has 1 spiro atoms. The van der Waals surface area contributed by atoms with Gasteiger partial charge in [-0.15, -0.1) is 0 Å². The fraction of sp³-hybridized carbons (Fsp3) is 0.571. The van der Waals surface area contributed by atoms with Gasteiger partial charge in [0.1, 0.15) is 5.69 Å². The number of hydrogen-bond acceptors (Lipinski definition) is 4. The van der Waals surface area contributed by atoms with Crippen LogP contribution in [-0.2, 0) is 9.47 Å². The van der Waals surface area contributed by atoms with Gasteiger partial charge in [0.05, 0.1) is 12.2 Å². The van der Waals surface area contributed by atoms with Gasteiger partial charge in [0.15, 0.2) is 5.78 Å². The maximum absolute atomic E-state index is 12.7. The molecule has 3 heterocycles. The van der Waals surface area contributed by atoms with E-state index in [0.717, 1.165) is 34.8 Å². The summed E-state index contributed by atoms with van der Waals surface area (Å²) in [5.41, 5.74) is 0.259. The predicted molar refractivity (Wildman–Crippen MR) is 80.8 cm³/mol. The van der Waals surface area contributed by atoms with Gasteiger partial charge in [-0.3, -0.25) is 9.78 Å². The Morgan fingerprint density at radius 2 is 2.25 bits per heavy atom. The van der Waals surface area contributed by atoms with Gasteiger partial charge in [0.25, 0.3) is 0 Å². The molecule has 0 saturated carbocycles. The fourth-order valence-corrected chi connectivity index (χ4v) is 4.09. The van der Waals surface area contributed by atoms with Crippen molar-refractivity contribution in [3.8, 4) is 0 Å². The van der Waals surface area contributed by atoms with Crippen LogP contribution in [0.5, 0.6) is 0 Å². The first-order valence-corrected chi connectivity index (χ1v) is 8.25. The average molecular weight is 405 g/mol. The number of carbonyl (C=O) groups is 1. The Balaban J connectivity index is 1.79. The van der Waals surface area contributed by atoms with Gasteiger partial charge < -0.3 is 9.47 Å². The van der Waals surface area contributed by atoms with Crippen molar-refractivity contribution in [1.29, 1.82) is 0 Å². The quantitative estimate of drug-likeness (QED) is 0.709. The van der Waals surface area contributed by atoms with Gasteiger partial charge >= 0.3 is 0 Å². The molecule has 2 aliphatic rings. The molecule has 20 heavy (non-hydrogen) atoms. The maximum atomic E-state index is 12.7. The van der Waals surface area contributed by atoms with Crippen LogP contribution in [-0.4, -0.2) is 36.2 Å². The maximum Gasteiger partial charge on any atom is 0.185 e. The fourth-order valence-electron chi connectivity index (χ4n) is 2.90. The van der Waals surface area contributed by atoms with Gasteiger partial charge in [0, 0.05) is 40.7 Å². The SMILES string of the molecule is O=C(c1ncc(Br)cc1Br)C1CCOC2(CCOC2)C1. The first-order chi connectivity index (χ1) is 9.60. The monoisotopic (exact) mass is 403 g/mol. The Morgan fingerprint density at radius 1 is 1.40 bits per heavy atom. The summed E-state index contributed by atoms with van der Waals surface area (Å²) in [6, 6.07) is 1.86. The predicted octanol–water partition coefficient (Wildman–Crippen LogP) is 3.38. The highest BCUT2D eigenvalue weighted by atomic mass is 79.9. The molecule has 0 N–H and O–H groups in total. The minimum absolute atomic E-state index is 0.0320. The zero-order valence-corrected chi connectivity index (χ0v) is 14.1. The zero-order chi connectivity index (χ0) is 14.2. The Hall–Kier alpha value is -0.300. The topological polar surface area (TPSA) is 48.4 Å². The molecule has 108 valence electrons. The van der Waals surface area contributed by atoms with Crippen molar-refractivity contribution >= 4 is 37.6 Å². The van der Waals surface area contributed by atoms with E-state index >= 15 is 0 Å². The van der Waals surface area contributed by atoms with Crippen LogP contribution < -0.4 is 0 Å². The summed E-state index contributed by atoms with van der Waals surface area (Å²) in [6.45, 7) is 1.95. The van der Waals surface area contributed by atoms with Crippen LogP contribution in [0.3, 0.4) is 0 Å². The third kappa shape index (κ3) is 2.84. The Bertz CT molecular complexity index is 529. The van der Waals surface area contributed by atoms with Crippen molar-refractivity contribution in [2.75, 3.05) is 19.8 Å². The molecule has 2 unspecified atom stereocenters. The Labute approximate surface area is 134 Å². The lowest BCUT2D eigenvalue weighted by Crippen LogP contribution is -2.42. The number of hydrogen-bond donors (Lipinski definition) is 0. The van der Waals surface area contributed by atoms with E-state index in [-0.39, 0.29) is 17.3 Å². The molecule has 6 heteroatoms. The zero-order valence-electron chi connectivity index (χ0n) is 10.9. The van der Waals surface area contributed by atoms with Crippen LogP contribution in [0, 0.1) is 5.92 Å². The highest BCUT2D eigenvalue weighted by Crippen LogP contribution is 2.37. The second-order valence-electron chi connectivity index (χ2n) is 5.37. The van der Waals surface area contributed by atoms with E-state index in [1.807, 2.05) is 6.07 Å². The normalized spacial score (nSPS) is 29.8. The molecule has 2 atom stereocenters. The lowest BCUT2D eigenvalue weighted by atomic mass is 9.82. The van der Waals surface area contributed by atoms with Crippen LogP contribution in [0.1, 0.15) is 29.8 Å². The number of pyridine rings is 1. The van der Waals surface area contributed by atoms with Crippen LogP contribution >= 0.6 is 31.9 Å². The van der Waals surface area contributed by atoms with E-state index in [1.165, 1.54) is 0 Å². The van der Waals surface area contributed by atoms with Crippen molar-refractivity contribution in [3.63, 3.8) is 0 Å². The third-order valence-corrected chi connectivity index (χ3v) is 5.01. The summed E-state index contributed by atoms with van der Waals surface area (Å²) in [5.74, 6) is 0.0642. The first-order valence-electron chi connectivity index (χ1n) is 6.67. The van der Waals surface area contributed by atoms with Crippen molar-refractivity contribution in [3.05, 3.63) is 26.9 Å². The number of ketones is 1. The second kappa shape index (κ2) is 5.83. The number of ether oxygens (including phenoxy) is 2. The number of carbonyl (C=O) groups excluding carboxylic acids is 1. The number of rotatable bonds is 2. The molecular formula is C14H15Br2NO3. The summed E-state index contributed by atoms with van der Waals surface area (Å²) in [5, 5.41) is 0. The third-order valence-electron chi connectivity index (χ3n) is 3.97. The van der Waals surface area contributed by atoms with Gasteiger partial charge in [-0.2, -0.15) is 0 Å². The average Bonchev–Trinajstić information content (AvgIpc) is 2.86. The minimum atomic E-state index is -0.250. The van der Waals surface area contributed by atoms with Gasteiger partial charge in [-0.1, -0.05) is 0 Å². The molecule has 0 amide bonds. The molecule has 1 aromatic rings. The van der Waals surface area contributed by atoms with E-state index in [2.05, 4.69) is 36.8 Å². The minimum Gasteiger partial charge on any atom is -0.378 e. The van der Waals surface area contributed by atoms with Crippen LogP contribution in [0.4, 0.5) is 0 Å².